The van der Waals surface area contributed by atoms with Gasteiger partial charge in [0.15, 0.2) is 0 Å². The molecule has 3 rings (SSSR count). The first-order valence-electron chi connectivity index (χ1n) is 7.11. The minimum atomic E-state index is 0.230. The van der Waals surface area contributed by atoms with Crippen LogP contribution < -0.4 is 5.32 Å². The fourth-order valence-corrected chi connectivity index (χ4v) is 2.43. The highest BCUT2D eigenvalue weighted by atomic mass is 14.9. The first-order chi connectivity index (χ1) is 9.57. The zero-order valence-electron chi connectivity index (χ0n) is 12.6. The van der Waals surface area contributed by atoms with Crippen molar-refractivity contribution in [3.8, 4) is 0 Å². The quantitative estimate of drug-likeness (QED) is 0.702. The molecule has 1 aliphatic heterocycles. The molecule has 0 aromatic heterocycles. The first-order valence-corrected chi connectivity index (χ1v) is 7.11. The van der Waals surface area contributed by atoms with Gasteiger partial charge in [0, 0.05) is 5.54 Å². The molecule has 0 atom stereocenters. The summed E-state index contributed by atoms with van der Waals surface area (Å²) >= 11 is 0. The Balaban J connectivity index is 0.000000147. The second-order valence-electron chi connectivity index (χ2n) is 5.92. The third kappa shape index (κ3) is 4.27. The third-order valence-electron chi connectivity index (χ3n) is 3.33. The molecular formula is C19H23N. The lowest BCUT2D eigenvalue weighted by Gasteiger charge is -2.24. The molecule has 2 aromatic carbocycles. The summed E-state index contributed by atoms with van der Waals surface area (Å²) in [6.07, 6.45) is 7.35. The summed E-state index contributed by atoms with van der Waals surface area (Å²) in [6, 6.07) is 16.7. The second-order valence-corrected chi connectivity index (χ2v) is 5.92. The van der Waals surface area contributed by atoms with E-state index in [-0.39, 0.29) is 5.54 Å². The van der Waals surface area contributed by atoms with Crippen LogP contribution in [0.15, 0.2) is 72.5 Å². The van der Waals surface area contributed by atoms with Crippen LogP contribution in [0.1, 0.15) is 27.2 Å². The topological polar surface area (TPSA) is 12.0 Å². The van der Waals surface area contributed by atoms with E-state index in [1.807, 2.05) is 6.20 Å². The molecule has 1 heteroatoms. The molecule has 0 aliphatic carbocycles. The van der Waals surface area contributed by atoms with Gasteiger partial charge in [0.25, 0.3) is 0 Å². The zero-order chi connectivity index (χ0) is 14.4. The molecular weight excluding hydrogens is 242 g/mol. The molecule has 1 aliphatic rings. The molecule has 0 saturated heterocycles. The molecule has 0 radical (unpaired) electrons. The van der Waals surface area contributed by atoms with Gasteiger partial charge in [-0.2, -0.15) is 0 Å². The average Bonchev–Trinajstić information content (AvgIpc) is 2.59. The van der Waals surface area contributed by atoms with E-state index < -0.39 is 0 Å². The number of rotatable bonds is 0. The lowest BCUT2D eigenvalue weighted by molar-refractivity contribution is 0.442. The maximum Gasteiger partial charge on any atom is 0.0349 e. The number of hydrogen-bond donors (Lipinski definition) is 1. The minimum Gasteiger partial charge on any atom is -0.386 e. The van der Waals surface area contributed by atoms with Crippen molar-refractivity contribution in [1.82, 2.24) is 5.32 Å². The summed E-state index contributed by atoms with van der Waals surface area (Å²) in [7, 11) is 0. The Morgan fingerprint density at radius 2 is 1.40 bits per heavy atom. The molecule has 0 unspecified atom stereocenters. The van der Waals surface area contributed by atoms with Gasteiger partial charge in [0.05, 0.1) is 0 Å². The first kappa shape index (κ1) is 14.4. The number of fused-ring (bicyclic) bond motifs is 1. The molecule has 2 aromatic rings. The van der Waals surface area contributed by atoms with Crippen LogP contribution in [0.3, 0.4) is 0 Å². The van der Waals surface area contributed by atoms with E-state index >= 15 is 0 Å². The van der Waals surface area contributed by atoms with E-state index in [0.717, 1.165) is 6.42 Å². The molecule has 20 heavy (non-hydrogen) atoms. The van der Waals surface area contributed by atoms with Gasteiger partial charge in [-0.3, -0.25) is 0 Å². The molecule has 0 amide bonds. The summed E-state index contributed by atoms with van der Waals surface area (Å²) in [5.74, 6) is 0. The van der Waals surface area contributed by atoms with E-state index in [1.165, 1.54) is 16.3 Å². The van der Waals surface area contributed by atoms with Gasteiger partial charge in [-0.1, -0.05) is 60.2 Å². The van der Waals surface area contributed by atoms with Crippen molar-refractivity contribution >= 4 is 10.8 Å². The van der Waals surface area contributed by atoms with Crippen LogP contribution >= 0.6 is 0 Å². The fraction of sp³-hybridized carbons (Fsp3) is 0.263. The zero-order valence-corrected chi connectivity index (χ0v) is 12.6. The van der Waals surface area contributed by atoms with Gasteiger partial charge in [0.2, 0.25) is 0 Å². The highest BCUT2D eigenvalue weighted by molar-refractivity contribution is 5.81. The Bertz CT molecular complexity index is 555. The molecule has 1 heterocycles. The Morgan fingerprint density at radius 1 is 0.900 bits per heavy atom. The van der Waals surface area contributed by atoms with Crippen molar-refractivity contribution in [2.45, 2.75) is 32.7 Å². The SMILES string of the molecule is CC1=CC=CNC(C)(C)C1.c1ccc2ccccc2c1. The third-order valence-corrected chi connectivity index (χ3v) is 3.33. The predicted molar refractivity (Wildman–Crippen MR) is 88.7 cm³/mol. The highest BCUT2D eigenvalue weighted by Gasteiger charge is 2.16. The molecule has 0 saturated carbocycles. The van der Waals surface area contributed by atoms with Crippen LogP contribution in [-0.2, 0) is 0 Å². The number of benzene rings is 2. The summed E-state index contributed by atoms with van der Waals surface area (Å²) in [4.78, 5) is 0. The van der Waals surface area contributed by atoms with Crippen LogP contribution in [0.5, 0.6) is 0 Å². The van der Waals surface area contributed by atoms with Crippen LogP contribution in [-0.4, -0.2) is 5.54 Å². The molecule has 0 fully saturated rings. The Labute approximate surface area is 122 Å². The monoisotopic (exact) mass is 265 g/mol. The summed E-state index contributed by atoms with van der Waals surface area (Å²) in [5.41, 5.74) is 1.67. The molecule has 0 bridgehead atoms. The second kappa shape index (κ2) is 6.42. The number of allylic oxidation sites excluding steroid dienone is 2. The van der Waals surface area contributed by atoms with E-state index in [2.05, 4.69) is 86.8 Å². The highest BCUT2D eigenvalue weighted by Crippen LogP contribution is 2.17. The maximum atomic E-state index is 3.32. The van der Waals surface area contributed by atoms with Crippen molar-refractivity contribution in [3.63, 3.8) is 0 Å². The van der Waals surface area contributed by atoms with Gasteiger partial charge >= 0.3 is 0 Å². The predicted octanol–water partition coefficient (Wildman–Crippen LogP) is 5.06. The molecule has 0 spiro atoms. The van der Waals surface area contributed by atoms with Gasteiger partial charge in [-0.05, 0) is 50.2 Å². The van der Waals surface area contributed by atoms with Crippen LogP contribution in [0.4, 0.5) is 0 Å². The Hall–Kier alpha value is -2.02. The van der Waals surface area contributed by atoms with Crippen LogP contribution in [0, 0.1) is 0 Å². The van der Waals surface area contributed by atoms with Crippen molar-refractivity contribution in [1.29, 1.82) is 0 Å². The van der Waals surface area contributed by atoms with E-state index in [1.54, 1.807) is 0 Å². The van der Waals surface area contributed by atoms with E-state index in [4.69, 9.17) is 0 Å². The Kier molecular flexibility index (Phi) is 4.62. The normalized spacial score (nSPS) is 16.4. The lowest BCUT2D eigenvalue weighted by atomic mass is 9.97. The van der Waals surface area contributed by atoms with Gasteiger partial charge < -0.3 is 5.32 Å². The number of nitrogens with one attached hydrogen (secondary N) is 1. The summed E-state index contributed by atoms with van der Waals surface area (Å²) < 4.78 is 0. The van der Waals surface area contributed by atoms with Crippen molar-refractivity contribution < 1.29 is 0 Å². The molecule has 1 N–H and O–H groups in total. The van der Waals surface area contributed by atoms with Crippen LogP contribution in [0.25, 0.3) is 10.8 Å². The van der Waals surface area contributed by atoms with Gasteiger partial charge in [-0.25, -0.2) is 0 Å². The van der Waals surface area contributed by atoms with Crippen LogP contribution in [0.2, 0.25) is 0 Å². The largest absolute Gasteiger partial charge is 0.386 e. The van der Waals surface area contributed by atoms with Gasteiger partial charge in [-0.15, -0.1) is 0 Å². The minimum absolute atomic E-state index is 0.230. The fourth-order valence-electron chi connectivity index (χ4n) is 2.43. The Morgan fingerprint density at radius 3 is 1.90 bits per heavy atom. The van der Waals surface area contributed by atoms with Crippen molar-refractivity contribution in [2.24, 2.45) is 0 Å². The standard InChI is InChI=1S/C10H8.C9H15N/c1-2-6-10-8-4-3-7-9(10)5-1;1-8-5-4-6-10-9(2,3)7-8/h1-8H;4-6,10H,7H2,1-3H3. The summed E-state index contributed by atoms with van der Waals surface area (Å²) in [6.45, 7) is 6.58. The average molecular weight is 265 g/mol. The maximum absolute atomic E-state index is 3.32. The smallest absolute Gasteiger partial charge is 0.0349 e. The summed E-state index contributed by atoms with van der Waals surface area (Å²) in [5, 5.41) is 5.94. The van der Waals surface area contributed by atoms with Crippen molar-refractivity contribution in [2.75, 3.05) is 0 Å². The molecule has 1 nitrogen and oxygen atoms in total. The van der Waals surface area contributed by atoms with Crippen molar-refractivity contribution in [3.05, 3.63) is 72.5 Å². The van der Waals surface area contributed by atoms with Gasteiger partial charge in [0.1, 0.15) is 0 Å². The van der Waals surface area contributed by atoms with E-state index in [0.29, 0.717) is 0 Å². The van der Waals surface area contributed by atoms with E-state index in [9.17, 15) is 0 Å². The molecule has 104 valence electrons. The lowest BCUT2D eigenvalue weighted by Crippen LogP contribution is -2.34. The number of hydrogen-bond acceptors (Lipinski definition) is 1.